The molecule has 80 valence electrons. The third-order valence-corrected chi connectivity index (χ3v) is 3.59. The Bertz CT molecular complexity index is 311. The Morgan fingerprint density at radius 2 is 2.43 bits per heavy atom. The fourth-order valence-corrected chi connectivity index (χ4v) is 1.54. The summed E-state index contributed by atoms with van der Waals surface area (Å²) in [5, 5.41) is 3.43. The Labute approximate surface area is 87.2 Å². The van der Waals surface area contributed by atoms with Gasteiger partial charge in [-0.3, -0.25) is 4.21 Å². The molecular weight excluding hydrogens is 198 g/mol. The summed E-state index contributed by atoms with van der Waals surface area (Å²) in [7, 11) is 1.21. The quantitative estimate of drug-likeness (QED) is 0.796. The zero-order valence-electron chi connectivity index (χ0n) is 8.86. The van der Waals surface area contributed by atoms with Crippen LogP contribution in [0.3, 0.4) is 0 Å². The van der Waals surface area contributed by atoms with Gasteiger partial charge in [-0.25, -0.2) is 4.98 Å². The zero-order valence-corrected chi connectivity index (χ0v) is 9.67. The zero-order chi connectivity index (χ0) is 10.6. The number of nitrogens with one attached hydrogen (secondary N) is 1. The van der Waals surface area contributed by atoms with Crippen LogP contribution in [0.2, 0.25) is 0 Å². The van der Waals surface area contributed by atoms with E-state index >= 15 is 0 Å². The molecule has 0 aromatic carbocycles. The number of aryl methyl sites for hydroxylation is 1. The topological polar surface area (TPSA) is 46.9 Å². The average Bonchev–Trinajstić information content (AvgIpc) is 2.51. The lowest BCUT2D eigenvalue weighted by Gasteiger charge is -2.09. The first kappa shape index (κ1) is 11.2. The highest BCUT2D eigenvalue weighted by atomic mass is 32.2. The molecule has 14 heavy (non-hydrogen) atoms. The normalized spacial score (nSPS) is 15.1. The smallest absolute Gasteiger partial charge is 0.202 e. The largest absolute Gasteiger partial charge is 0.356 e. The molecular formula is C9H17N3OS. The summed E-state index contributed by atoms with van der Waals surface area (Å²) in [6.07, 6.45) is 6.29. The predicted octanol–water partition coefficient (Wildman–Crippen LogP) is 0.989. The number of anilines is 1. The number of hydrogen-bond acceptors (Lipinski definition) is 3. The van der Waals surface area contributed by atoms with E-state index in [9.17, 15) is 4.21 Å². The first-order chi connectivity index (χ1) is 6.61. The van der Waals surface area contributed by atoms with Crippen LogP contribution in [0.4, 0.5) is 5.95 Å². The van der Waals surface area contributed by atoms with Gasteiger partial charge in [0.2, 0.25) is 5.95 Å². The average molecular weight is 215 g/mol. The predicted molar refractivity (Wildman–Crippen MR) is 59.8 cm³/mol. The Kier molecular flexibility index (Phi) is 4.13. The van der Waals surface area contributed by atoms with Crippen molar-refractivity contribution in [2.45, 2.75) is 18.6 Å². The van der Waals surface area contributed by atoms with Gasteiger partial charge in [0.25, 0.3) is 0 Å². The van der Waals surface area contributed by atoms with Crippen LogP contribution in [-0.4, -0.2) is 31.8 Å². The summed E-state index contributed by atoms with van der Waals surface area (Å²) >= 11 is 0. The maximum Gasteiger partial charge on any atom is 0.202 e. The second-order valence-corrected chi connectivity index (χ2v) is 5.19. The third kappa shape index (κ3) is 3.14. The molecule has 1 N–H and O–H groups in total. The van der Waals surface area contributed by atoms with Crippen LogP contribution in [0, 0.1) is 0 Å². The van der Waals surface area contributed by atoms with Gasteiger partial charge in [0.05, 0.1) is 0 Å². The number of aromatic nitrogens is 2. The van der Waals surface area contributed by atoms with Crippen molar-refractivity contribution in [3.8, 4) is 0 Å². The number of rotatable bonds is 5. The van der Waals surface area contributed by atoms with Crippen molar-refractivity contribution >= 4 is 16.7 Å². The molecule has 0 saturated heterocycles. The van der Waals surface area contributed by atoms with Gasteiger partial charge in [0, 0.05) is 48.3 Å². The van der Waals surface area contributed by atoms with Crippen LogP contribution < -0.4 is 5.32 Å². The molecule has 5 heteroatoms. The van der Waals surface area contributed by atoms with Crippen LogP contribution in [-0.2, 0) is 17.8 Å². The van der Waals surface area contributed by atoms with Crippen LogP contribution >= 0.6 is 0 Å². The Morgan fingerprint density at radius 1 is 1.71 bits per heavy atom. The highest BCUT2D eigenvalue weighted by Gasteiger charge is 2.05. The van der Waals surface area contributed by atoms with E-state index in [1.165, 1.54) is 0 Å². The van der Waals surface area contributed by atoms with Gasteiger partial charge in [-0.15, -0.1) is 0 Å². The molecule has 0 saturated carbocycles. The van der Waals surface area contributed by atoms with Crippen LogP contribution in [0.5, 0.6) is 0 Å². The van der Waals surface area contributed by atoms with Gasteiger partial charge in [-0.05, 0) is 6.42 Å². The van der Waals surface area contributed by atoms with E-state index in [4.69, 9.17) is 0 Å². The van der Waals surface area contributed by atoms with E-state index < -0.39 is 10.8 Å². The summed E-state index contributed by atoms with van der Waals surface area (Å²) in [5.41, 5.74) is 0. The standard InChI is InChI=1S/C9H17N3OS/c1-8(14(3)13)4-5-10-9-11-6-7-12(9)2/h6-8H,4-5H2,1-3H3,(H,10,11). The molecule has 0 radical (unpaired) electrons. The minimum atomic E-state index is -0.731. The van der Waals surface area contributed by atoms with E-state index in [2.05, 4.69) is 10.3 Å². The summed E-state index contributed by atoms with van der Waals surface area (Å²) in [4.78, 5) is 4.13. The maximum absolute atomic E-state index is 11.1. The van der Waals surface area contributed by atoms with Crippen LogP contribution in [0.25, 0.3) is 0 Å². The Hall–Kier alpha value is -0.840. The fourth-order valence-electron chi connectivity index (χ4n) is 1.09. The second kappa shape index (κ2) is 5.14. The van der Waals surface area contributed by atoms with E-state index in [-0.39, 0.29) is 5.25 Å². The van der Waals surface area contributed by atoms with Crippen LogP contribution in [0.15, 0.2) is 12.4 Å². The Balaban J connectivity index is 2.29. The highest BCUT2D eigenvalue weighted by Crippen LogP contribution is 2.03. The van der Waals surface area contributed by atoms with Gasteiger partial charge in [0.1, 0.15) is 0 Å². The summed E-state index contributed by atoms with van der Waals surface area (Å²) in [6.45, 7) is 2.81. The number of imidazole rings is 1. The molecule has 2 unspecified atom stereocenters. The van der Waals surface area contributed by atoms with Crippen molar-refractivity contribution in [2.24, 2.45) is 7.05 Å². The van der Waals surface area contributed by atoms with E-state index in [1.807, 2.05) is 24.7 Å². The molecule has 1 heterocycles. The molecule has 0 aliphatic heterocycles. The molecule has 1 rings (SSSR count). The van der Waals surface area contributed by atoms with Crippen molar-refractivity contribution in [3.05, 3.63) is 12.4 Å². The first-order valence-electron chi connectivity index (χ1n) is 4.64. The lowest BCUT2D eigenvalue weighted by atomic mass is 10.3. The van der Waals surface area contributed by atoms with E-state index in [0.29, 0.717) is 0 Å². The van der Waals surface area contributed by atoms with Gasteiger partial charge < -0.3 is 9.88 Å². The molecule has 1 aromatic heterocycles. The fraction of sp³-hybridized carbons (Fsp3) is 0.667. The third-order valence-electron chi connectivity index (χ3n) is 2.22. The molecule has 0 aliphatic rings. The highest BCUT2D eigenvalue weighted by molar-refractivity contribution is 7.84. The first-order valence-corrected chi connectivity index (χ1v) is 6.27. The van der Waals surface area contributed by atoms with Crippen molar-refractivity contribution in [1.82, 2.24) is 9.55 Å². The molecule has 0 bridgehead atoms. The number of nitrogens with zero attached hydrogens (tertiary/aromatic N) is 2. The minimum Gasteiger partial charge on any atom is -0.356 e. The molecule has 1 aromatic rings. The Morgan fingerprint density at radius 3 is 2.93 bits per heavy atom. The van der Waals surface area contributed by atoms with Crippen molar-refractivity contribution in [2.75, 3.05) is 18.1 Å². The molecule has 0 spiro atoms. The molecule has 0 amide bonds. The number of hydrogen-bond donors (Lipinski definition) is 1. The molecule has 0 fully saturated rings. The van der Waals surface area contributed by atoms with Crippen LogP contribution in [0.1, 0.15) is 13.3 Å². The second-order valence-electron chi connectivity index (χ2n) is 3.39. The lowest BCUT2D eigenvalue weighted by molar-refractivity contribution is 0.672. The van der Waals surface area contributed by atoms with Crippen molar-refractivity contribution in [1.29, 1.82) is 0 Å². The van der Waals surface area contributed by atoms with Gasteiger partial charge in [-0.2, -0.15) is 0 Å². The maximum atomic E-state index is 11.1. The summed E-state index contributed by atoms with van der Waals surface area (Å²) in [5.74, 6) is 0.860. The lowest BCUT2D eigenvalue weighted by Crippen LogP contribution is -2.16. The van der Waals surface area contributed by atoms with Gasteiger partial charge >= 0.3 is 0 Å². The minimum absolute atomic E-state index is 0.239. The summed E-state index contributed by atoms with van der Waals surface area (Å²) < 4.78 is 13.0. The molecule has 4 nitrogen and oxygen atoms in total. The molecule has 0 aliphatic carbocycles. The summed E-state index contributed by atoms with van der Waals surface area (Å²) in [6, 6.07) is 0. The van der Waals surface area contributed by atoms with Crippen molar-refractivity contribution in [3.63, 3.8) is 0 Å². The van der Waals surface area contributed by atoms with E-state index in [1.54, 1.807) is 12.5 Å². The van der Waals surface area contributed by atoms with E-state index in [0.717, 1.165) is 18.9 Å². The monoisotopic (exact) mass is 215 g/mol. The SMILES string of the molecule is CC(CCNc1nccn1C)S(C)=O. The molecule has 2 atom stereocenters. The van der Waals surface area contributed by atoms with Gasteiger partial charge in [0.15, 0.2) is 0 Å². The van der Waals surface area contributed by atoms with Gasteiger partial charge in [-0.1, -0.05) is 6.92 Å². The van der Waals surface area contributed by atoms with Crippen molar-refractivity contribution < 1.29 is 4.21 Å².